The number of nitrogens with one attached hydrogen (secondary N) is 1. The highest BCUT2D eigenvalue weighted by Crippen LogP contribution is 2.23. The van der Waals surface area contributed by atoms with Crippen LogP contribution in [0.15, 0.2) is 0 Å². The van der Waals surface area contributed by atoms with Gasteiger partial charge in [-0.25, -0.2) is 0 Å². The number of hydrogen-bond donors (Lipinski definition) is 1. The van der Waals surface area contributed by atoms with Crippen LogP contribution in [0.4, 0.5) is 0 Å². The Balaban J connectivity index is 0.00000200. The molecule has 0 bridgehead atoms. The molecule has 2 aliphatic heterocycles. The van der Waals surface area contributed by atoms with Crippen molar-refractivity contribution in [2.24, 2.45) is 5.92 Å². The Bertz CT molecular complexity index is 298. The minimum absolute atomic E-state index is 0. The third-order valence-electron chi connectivity index (χ3n) is 4.36. The Kier molecular flexibility index (Phi) is 7.80. The van der Waals surface area contributed by atoms with E-state index in [2.05, 4.69) is 10.2 Å². The molecular weight excluding hydrogens is 280 g/mol. The number of carbonyl (C=O) groups excluding carboxylic acids is 1. The molecule has 2 saturated heterocycles. The Morgan fingerprint density at radius 3 is 2.75 bits per heavy atom. The average molecular weight is 307 g/mol. The smallest absolute Gasteiger partial charge is 0.323 e. The number of likely N-dealkylation sites (tertiary alicyclic amines) is 1. The zero-order valence-corrected chi connectivity index (χ0v) is 13.3. The Morgan fingerprint density at radius 2 is 2.15 bits per heavy atom. The number of hydrogen-bond acceptors (Lipinski definition) is 5. The first-order valence-electron chi connectivity index (χ1n) is 7.30. The van der Waals surface area contributed by atoms with Crippen LogP contribution in [0.3, 0.4) is 0 Å². The summed E-state index contributed by atoms with van der Waals surface area (Å²) in [7, 11) is 3.19. The third kappa shape index (κ3) is 4.58. The average Bonchev–Trinajstić information content (AvgIpc) is 2.48. The van der Waals surface area contributed by atoms with E-state index in [1.54, 1.807) is 7.11 Å². The van der Waals surface area contributed by atoms with Gasteiger partial charge in [0, 0.05) is 20.2 Å². The van der Waals surface area contributed by atoms with Crippen LogP contribution in [-0.2, 0) is 14.3 Å². The second-order valence-corrected chi connectivity index (χ2v) is 5.63. The zero-order chi connectivity index (χ0) is 13.7. The van der Waals surface area contributed by atoms with Gasteiger partial charge in [-0.1, -0.05) is 0 Å². The monoisotopic (exact) mass is 306 g/mol. The van der Waals surface area contributed by atoms with Gasteiger partial charge >= 0.3 is 5.97 Å². The van der Waals surface area contributed by atoms with E-state index in [4.69, 9.17) is 9.47 Å². The number of nitrogens with zero attached hydrogens (tertiary/aromatic N) is 1. The van der Waals surface area contributed by atoms with Crippen LogP contribution >= 0.6 is 12.4 Å². The van der Waals surface area contributed by atoms with Crippen molar-refractivity contribution >= 4 is 18.4 Å². The molecule has 0 radical (unpaired) electrons. The van der Waals surface area contributed by atoms with Crippen LogP contribution in [0, 0.1) is 5.92 Å². The molecule has 5 nitrogen and oxygen atoms in total. The van der Waals surface area contributed by atoms with Gasteiger partial charge in [0.2, 0.25) is 0 Å². The molecule has 3 atom stereocenters. The van der Waals surface area contributed by atoms with Crippen molar-refractivity contribution in [3.05, 3.63) is 0 Å². The van der Waals surface area contributed by atoms with Crippen molar-refractivity contribution in [1.29, 1.82) is 0 Å². The summed E-state index contributed by atoms with van der Waals surface area (Å²) in [5.74, 6) is 0.533. The molecule has 118 valence electrons. The molecule has 0 spiro atoms. The van der Waals surface area contributed by atoms with E-state index in [-0.39, 0.29) is 30.5 Å². The standard InChI is InChI=1S/C14H26N2O3.ClH/c1-18-12-5-7-16(13(8-12)14(17)19-2)10-11-4-3-6-15-9-11;/h11-13,15H,3-10H2,1-2H3;1H. The summed E-state index contributed by atoms with van der Waals surface area (Å²) in [5, 5.41) is 3.43. The van der Waals surface area contributed by atoms with E-state index in [0.29, 0.717) is 5.92 Å². The lowest BCUT2D eigenvalue weighted by Crippen LogP contribution is -2.52. The maximum atomic E-state index is 11.9. The molecule has 2 fully saturated rings. The van der Waals surface area contributed by atoms with Crippen LogP contribution in [0.2, 0.25) is 0 Å². The molecule has 0 aromatic carbocycles. The summed E-state index contributed by atoms with van der Waals surface area (Å²) in [6, 6.07) is -0.134. The number of carbonyl (C=O) groups is 1. The van der Waals surface area contributed by atoms with Crippen molar-refractivity contribution < 1.29 is 14.3 Å². The van der Waals surface area contributed by atoms with Gasteiger partial charge in [0.25, 0.3) is 0 Å². The number of esters is 1. The van der Waals surface area contributed by atoms with Gasteiger partial charge in [0.15, 0.2) is 0 Å². The number of rotatable bonds is 4. The number of ether oxygens (including phenoxy) is 2. The molecule has 6 heteroatoms. The highest BCUT2D eigenvalue weighted by atomic mass is 35.5. The SMILES string of the molecule is COC(=O)C1CC(OC)CCN1CC1CCCNC1.Cl. The molecule has 20 heavy (non-hydrogen) atoms. The fraction of sp³-hybridized carbons (Fsp3) is 0.929. The van der Waals surface area contributed by atoms with Gasteiger partial charge < -0.3 is 14.8 Å². The van der Waals surface area contributed by atoms with E-state index < -0.39 is 0 Å². The van der Waals surface area contributed by atoms with Gasteiger partial charge in [0.1, 0.15) is 6.04 Å². The molecular formula is C14H27ClN2O3. The van der Waals surface area contributed by atoms with Gasteiger partial charge in [-0.05, 0) is 44.7 Å². The summed E-state index contributed by atoms with van der Waals surface area (Å²) < 4.78 is 10.4. The summed E-state index contributed by atoms with van der Waals surface area (Å²) in [6.07, 6.45) is 4.44. The molecule has 2 heterocycles. The summed E-state index contributed by atoms with van der Waals surface area (Å²) in [5.41, 5.74) is 0. The normalized spacial score (nSPS) is 31.4. The maximum absolute atomic E-state index is 11.9. The Morgan fingerprint density at radius 1 is 1.35 bits per heavy atom. The summed E-state index contributed by atoms with van der Waals surface area (Å²) >= 11 is 0. The molecule has 0 aromatic rings. The lowest BCUT2D eigenvalue weighted by atomic mass is 9.94. The lowest BCUT2D eigenvalue weighted by molar-refractivity contribution is -0.151. The molecule has 0 aromatic heterocycles. The van der Waals surface area contributed by atoms with Gasteiger partial charge in [-0.15, -0.1) is 12.4 Å². The zero-order valence-electron chi connectivity index (χ0n) is 12.5. The van der Waals surface area contributed by atoms with Crippen LogP contribution in [-0.4, -0.2) is 63.4 Å². The van der Waals surface area contributed by atoms with Gasteiger partial charge in [0.05, 0.1) is 13.2 Å². The molecule has 3 unspecified atom stereocenters. The topological polar surface area (TPSA) is 50.8 Å². The molecule has 0 aliphatic carbocycles. The summed E-state index contributed by atoms with van der Waals surface area (Å²) in [6.45, 7) is 4.11. The van der Waals surface area contributed by atoms with E-state index in [9.17, 15) is 4.79 Å². The summed E-state index contributed by atoms with van der Waals surface area (Å²) in [4.78, 5) is 14.2. The van der Waals surface area contributed by atoms with E-state index >= 15 is 0 Å². The van der Waals surface area contributed by atoms with Crippen molar-refractivity contribution in [2.75, 3.05) is 40.4 Å². The molecule has 2 rings (SSSR count). The number of halogens is 1. The predicted molar refractivity (Wildman–Crippen MR) is 80.2 cm³/mol. The molecule has 0 amide bonds. The van der Waals surface area contributed by atoms with Crippen LogP contribution in [0.25, 0.3) is 0 Å². The molecule has 2 aliphatic rings. The fourth-order valence-electron chi connectivity index (χ4n) is 3.21. The highest BCUT2D eigenvalue weighted by Gasteiger charge is 2.35. The third-order valence-corrected chi connectivity index (χ3v) is 4.36. The Hall–Kier alpha value is -0.360. The largest absolute Gasteiger partial charge is 0.468 e. The van der Waals surface area contributed by atoms with Crippen molar-refractivity contribution in [3.8, 4) is 0 Å². The van der Waals surface area contributed by atoms with E-state index in [0.717, 1.165) is 39.0 Å². The van der Waals surface area contributed by atoms with E-state index in [1.807, 2.05) is 0 Å². The van der Waals surface area contributed by atoms with Gasteiger partial charge in [-0.2, -0.15) is 0 Å². The highest BCUT2D eigenvalue weighted by molar-refractivity contribution is 5.85. The minimum atomic E-state index is -0.134. The predicted octanol–water partition coefficient (Wildman–Crippen LogP) is 1.06. The van der Waals surface area contributed by atoms with Crippen LogP contribution in [0.1, 0.15) is 25.7 Å². The number of piperidine rings is 2. The second kappa shape index (κ2) is 8.82. The van der Waals surface area contributed by atoms with Crippen LogP contribution in [0.5, 0.6) is 0 Å². The maximum Gasteiger partial charge on any atom is 0.323 e. The fourth-order valence-corrected chi connectivity index (χ4v) is 3.21. The van der Waals surface area contributed by atoms with Crippen molar-refractivity contribution in [2.45, 2.75) is 37.8 Å². The van der Waals surface area contributed by atoms with Crippen molar-refractivity contribution in [3.63, 3.8) is 0 Å². The molecule has 0 saturated carbocycles. The van der Waals surface area contributed by atoms with Gasteiger partial charge in [-0.3, -0.25) is 9.69 Å². The minimum Gasteiger partial charge on any atom is -0.468 e. The van der Waals surface area contributed by atoms with Crippen molar-refractivity contribution in [1.82, 2.24) is 10.2 Å². The molecule has 1 N–H and O–H groups in total. The van der Waals surface area contributed by atoms with Crippen LogP contribution < -0.4 is 5.32 Å². The quantitative estimate of drug-likeness (QED) is 0.787. The first kappa shape index (κ1) is 17.7. The Labute approximate surface area is 127 Å². The van der Waals surface area contributed by atoms with E-state index in [1.165, 1.54) is 20.0 Å². The first-order chi connectivity index (χ1) is 9.24. The lowest BCUT2D eigenvalue weighted by Gasteiger charge is -2.39. The second-order valence-electron chi connectivity index (χ2n) is 5.63. The number of methoxy groups -OCH3 is 2. The first-order valence-corrected chi connectivity index (χ1v) is 7.30.